The number of nitro groups is 1. The molecule has 9 heteroatoms. The van der Waals surface area contributed by atoms with E-state index in [2.05, 4.69) is 15.8 Å². The first kappa shape index (κ1) is 19.2. The fraction of sp³-hybridized carbons (Fsp3) is 0.176. The number of nitrogens with one attached hydrogen (secondary N) is 2. The van der Waals surface area contributed by atoms with Gasteiger partial charge in [-0.3, -0.25) is 14.9 Å². The summed E-state index contributed by atoms with van der Waals surface area (Å²) in [6.07, 6.45) is 0. The van der Waals surface area contributed by atoms with Crippen molar-refractivity contribution in [2.75, 3.05) is 19.0 Å². The maximum absolute atomic E-state index is 11.9. The zero-order valence-corrected chi connectivity index (χ0v) is 14.9. The first-order valence-electron chi connectivity index (χ1n) is 7.56. The number of methoxy groups -OCH3 is 1. The molecule has 0 heterocycles. The maximum Gasteiger partial charge on any atom is 0.311 e. The summed E-state index contributed by atoms with van der Waals surface area (Å²) in [5.41, 5.74) is 3.90. The van der Waals surface area contributed by atoms with Crippen molar-refractivity contribution < 1.29 is 14.5 Å². The zero-order chi connectivity index (χ0) is 19.1. The summed E-state index contributed by atoms with van der Waals surface area (Å²) in [5.74, 6) is -0.204. The van der Waals surface area contributed by atoms with Crippen molar-refractivity contribution in [1.29, 1.82) is 0 Å². The summed E-state index contributed by atoms with van der Waals surface area (Å²) in [6, 6.07) is 11.4. The minimum absolute atomic E-state index is 0.0151. The SMILES string of the molecule is COc1ccc(/C(C)=N\NC(=O)CNc2ccc(Cl)cc2)cc1[N+](=O)[O-]. The number of rotatable bonds is 7. The lowest BCUT2D eigenvalue weighted by atomic mass is 10.1. The number of carbonyl (C=O) groups excluding carboxylic acids is 1. The minimum atomic E-state index is -0.537. The Labute approximate surface area is 155 Å². The molecular weight excluding hydrogens is 360 g/mol. The summed E-state index contributed by atoms with van der Waals surface area (Å²) in [5, 5.41) is 18.6. The summed E-state index contributed by atoms with van der Waals surface area (Å²) >= 11 is 5.79. The molecule has 0 aliphatic heterocycles. The molecule has 8 nitrogen and oxygen atoms in total. The highest BCUT2D eigenvalue weighted by molar-refractivity contribution is 6.30. The second-order valence-electron chi connectivity index (χ2n) is 5.24. The summed E-state index contributed by atoms with van der Waals surface area (Å²) in [6.45, 7) is 1.65. The Morgan fingerprint density at radius 1 is 1.27 bits per heavy atom. The molecule has 0 atom stereocenters. The predicted molar refractivity (Wildman–Crippen MR) is 99.9 cm³/mol. The van der Waals surface area contributed by atoms with E-state index in [0.717, 1.165) is 5.69 Å². The van der Waals surface area contributed by atoms with E-state index in [0.29, 0.717) is 16.3 Å². The van der Waals surface area contributed by atoms with Crippen LogP contribution in [0.25, 0.3) is 0 Å². The molecule has 0 radical (unpaired) electrons. The molecule has 0 unspecified atom stereocenters. The average molecular weight is 377 g/mol. The number of carbonyl (C=O) groups is 1. The van der Waals surface area contributed by atoms with Crippen LogP contribution in [0.5, 0.6) is 5.75 Å². The quantitative estimate of drug-likeness (QED) is 0.438. The van der Waals surface area contributed by atoms with Crippen LogP contribution < -0.4 is 15.5 Å². The van der Waals surface area contributed by atoms with Crippen LogP contribution >= 0.6 is 11.6 Å². The first-order chi connectivity index (χ1) is 12.4. The molecule has 0 bridgehead atoms. The normalized spacial score (nSPS) is 11.0. The van der Waals surface area contributed by atoms with Crippen molar-refractivity contribution in [2.45, 2.75) is 6.92 Å². The number of hydrazone groups is 1. The van der Waals surface area contributed by atoms with Crippen LogP contribution in [0.15, 0.2) is 47.6 Å². The monoisotopic (exact) mass is 376 g/mol. The molecule has 0 saturated carbocycles. The van der Waals surface area contributed by atoms with Crippen LogP contribution in [0.2, 0.25) is 5.02 Å². The Bertz CT molecular complexity index is 837. The standard InChI is InChI=1S/C17H17ClN4O4/c1-11(12-3-8-16(26-2)15(9-12)22(24)25)20-21-17(23)10-19-14-6-4-13(18)5-7-14/h3-9,19H,10H2,1-2H3,(H,21,23)/b20-11-. The van der Waals surface area contributed by atoms with E-state index < -0.39 is 4.92 Å². The summed E-state index contributed by atoms with van der Waals surface area (Å²) < 4.78 is 4.95. The Morgan fingerprint density at radius 3 is 2.58 bits per heavy atom. The van der Waals surface area contributed by atoms with Gasteiger partial charge >= 0.3 is 5.69 Å². The Kier molecular flexibility index (Phi) is 6.51. The predicted octanol–water partition coefficient (Wildman–Crippen LogP) is 3.21. The highest BCUT2D eigenvalue weighted by atomic mass is 35.5. The van der Waals surface area contributed by atoms with Crippen LogP contribution in [-0.2, 0) is 4.79 Å². The highest BCUT2D eigenvalue weighted by Crippen LogP contribution is 2.27. The van der Waals surface area contributed by atoms with Crippen molar-refractivity contribution in [3.8, 4) is 5.75 Å². The number of ether oxygens (including phenoxy) is 1. The summed E-state index contributed by atoms with van der Waals surface area (Å²) in [7, 11) is 1.36. The van der Waals surface area contributed by atoms with Crippen LogP contribution in [-0.4, -0.2) is 30.2 Å². The third-order valence-electron chi connectivity index (χ3n) is 3.44. The number of hydrogen-bond donors (Lipinski definition) is 2. The van der Waals surface area contributed by atoms with Gasteiger partial charge in [0.1, 0.15) is 0 Å². The van der Waals surface area contributed by atoms with E-state index in [1.807, 2.05) is 0 Å². The molecule has 0 spiro atoms. The van der Waals surface area contributed by atoms with E-state index in [-0.39, 0.29) is 23.9 Å². The van der Waals surface area contributed by atoms with Crippen LogP contribution in [0, 0.1) is 10.1 Å². The van der Waals surface area contributed by atoms with Crippen molar-refractivity contribution in [1.82, 2.24) is 5.43 Å². The number of halogens is 1. The minimum Gasteiger partial charge on any atom is -0.490 e. The van der Waals surface area contributed by atoms with Gasteiger partial charge in [0.2, 0.25) is 0 Å². The van der Waals surface area contributed by atoms with Gasteiger partial charge in [-0.15, -0.1) is 0 Å². The van der Waals surface area contributed by atoms with E-state index >= 15 is 0 Å². The van der Waals surface area contributed by atoms with E-state index in [9.17, 15) is 14.9 Å². The molecule has 1 amide bonds. The topological polar surface area (TPSA) is 106 Å². The van der Waals surface area contributed by atoms with Crippen LogP contribution in [0.4, 0.5) is 11.4 Å². The van der Waals surface area contributed by atoms with Gasteiger partial charge < -0.3 is 10.1 Å². The lowest BCUT2D eigenvalue weighted by molar-refractivity contribution is -0.385. The molecule has 0 aliphatic rings. The van der Waals surface area contributed by atoms with E-state index in [4.69, 9.17) is 16.3 Å². The second kappa shape index (κ2) is 8.82. The average Bonchev–Trinajstić information content (AvgIpc) is 2.65. The molecular formula is C17H17ClN4O4. The number of nitro benzene ring substituents is 1. The van der Waals surface area contributed by atoms with Gasteiger partial charge in [0.05, 0.1) is 24.3 Å². The van der Waals surface area contributed by atoms with Crippen molar-refractivity contribution in [2.24, 2.45) is 5.10 Å². The summed E-state index contributed by atoms with van der Waals surface area (Å²) in [4.78, 5) is 22.4. The van der Waals surface area contributed by atoms with Crippen molar-refractivity contribution >= 4 is 34.6 Å². The van der Waals surface area contributed by atoms with Gasteiger partial charge in [-0.25, -0.2) is 5.43 Å². The smallest absolute Gasteiger partial charge is 0.311 e. The lowest BCUT2D eigenvalue weighted by Gasteiger charge is -2.07. The van der Waals surface area contributed by atoms with Crippen LogP contribution in [0.3, 0.4) is 0 Å². The number of nitrogens with zero attached hydrogens (tertiary/aromatic N) is 2. The Balaban J connectivity index is 1.98. The van der Waals surface area contributed by atoms with Crippen LogP contribution in [0.1, 0.15) is 12.5 Å². The number of amides is 1. The molecule has 2 aromatic rings. The van der Waals surface area contributed by atoms with Gasteiger partial charge in [0, 0.05) is 22.3 Å². The first-order valence-corrected chi connectivity index (χ1v) is 7.94. The van der Waals surface area contributed by atoms with Gasteiger partial charge in [0.15, 0.2) is 5.75 Å². The second-order valence-corrected chi connectivity index (χ2v) is 5.67. The fourth-order valence-corrected chi connectivity index (χ4v) is 2.18. The Morgan fingerprint density at radius 2 is 1.96 bits per heavy atom. The number of benzene rings is 2. The zero-order valence-electron chi connectivity index (χ0n) is 14.2. The molecule has 2 aromatic carbocycles. The fourth-order valence-electron chi connectivity index (χ4n) is 2.06. The molecule has 26 heavy (non-hydrogen) atoms. The molecule has 136 valence electrons. The van der Waals surface area contributed by atoms with Gasteiger partial charge in [-0.05, 0) is 43.3 Å². The lowest BCUT2D eigenvalue weighted by Crippen LogP contribution is -2.26. The van der Waals surface area contributed by atoms with Gasteiger partial charge in [-0.1, -0.05) is 11.6 Å². The molecule has 0 fully saturated rings. The highest BCUT2D eigenvalue weighted by Gasteiger charge is 2.16. The molecule has 2 rings (SSSR count). The van der Waals surface area contributed by atoms with E-state index in [1.54, 1.807) is 37.3 Å². The molecule has 0 saturated heterocycles. The maximum atomic E-state index is 11.9. The Hall–Kier alpha value is -3.13. The van der Waals surface area contributed by atoms with Gasteiger partial charge in [-0.2, -0.15) is 5.10 Å². The molecule has 0 aromatic heterocycles. The third-order valence-corrected chi connectivity index (χ3v) is 3.69. The number of anilines is 1. The third kappa shape index (κ3) is 5.18. The largest absolute Gasteiger partial charge is 0.490 e. The van der Waals surface area contributed by atoms with Gasteiger partial charge in [0.25, 0.3) is 5.91 Å². The molecule has 0 aliphatic carbocycles. The van der Waals surface area contributed by atoms with Crippen molar-refractivity contribution in [3.63, 3.8) is 0 Å². The van der Waals surface area contributed by atoms with Crippen molar-refractivity contribution in [3.05, 3.63) is 63.2 Å². The molecule has 2 N–H and O–H groups in total. The van der Waals surface area contributed by atoms with E-state index in [1.165, 1.54) is 19.2 Å². The number of hydrogen-bond acceptors (Lipinski definition) is 6.